The molecule has 1 N–H and O–H groups in total. The van der Waals surface area contributed by atoms with Crippen molar-refractivity contribution in [3.63, 3.8) is 0 Å². The lowest BCUT2D eigenvalue weighted by Gasteiger charge is -2.08. The maximum atomic E-state index is 11.5. The summed E-state index contributed by atoms with van der Waals surface area (Å²) < 4.78 is 5.61. The van der Waals surface area contributed by atoms with Gasteiger partial charge in [-0.2, -0.15) is 0 Å². The second-order valence-electron chi connectivity index (χ2n) is 4.50. The summed E-state index contributed by atoms with van der Waals surface area (Å²) in [6.07, 6.45) is -0.422. The Morgan fingerprint density at radius 2 is 1.50 bits per heavy atom. The van der Waals surface area contributed by atoms with Gasteiger partial charge < -0.3 is 20.0 Å². The lowest BCUT2D eigenvalue weighted by Crippen LogP contribution is -2.24. The van der Waals surface area contributed by atoms with Gasteiger partial charge in [-0.3, -0.25) is 4.79 Å². The molecular formula is C16H13ClNO4-. The molecule has 114 valence electrons. The summed E-state index contributed by atoms with van der Waals surface area (Å²) in [5, 5.41) is 13.5. The minimum atomic E-state index is -1.25. The summed E-state index contributed by atoms with van der Waals surface area (Å²) in [6.45, 7) is 0. The molecule has 6 heteroatoms. The molecule has 0 bridgehead atoms. The van der Waals surface area contributed by atoms with E-state index in [4.69, 9.17) is 16.3 Å². The molecule has 2 aromatic carbocycles. The summed E-state index contributed by atoms with van der Waals surface area (Å²) in [5.41, 5.74) is 0.562. The highest BCUT2D eigenvalue weighted by Gasteiger charge is 2.03. The van der Waals surface area contributed by atoms with Gasteiger partial charge in [-0.05, 0) is 55.0 Å². The average Bonchev–Trinajstić information content (AvgIpc) is 2.49. The van der Waals surface area contributed by atoms with E-state index >= 15 is 0 Å². The van der Waals surface area contributed by atoms with Crippen molar-refractivity contribution in [3.05, 3.63) is 53.6 Å². The quantitative estimate of drug-likeness (QED) is 0.888. The lowest BCUT2D eigenvalue weighted by atomic mass is 10.2. The molecule has 0 fully saturated rings. The van der Waals surface area contributed by atoms with Crippen molar-refractivity contribution in [1.82, 2.24) is 0 Å². The van der Waals surface area contributed by atoms with Gasteiger partial charge in [0.05, 0.1) is 0 Å². The average molecular weight is 319 g/mol. The van der Waals surface area contributed by atoms with E-state index in [0.29, 0.717) is 22.2 Å². The SMILES string of the molecule is O=C([O-])CCC(=O)Nc1ccc(Oc2ccc(Cl)cc2)cc1. The normalized spacial score (nSPS) is 10.0. The molecular weight excluding hydrogens is 306 g/mol. The zero-order chi connectivity index (χ0) is 15.9. The maximum absolute atomic E-state index is 11.5. The molecule has 0 aromatic heterocycles. The largest absolute Gasteiger partial charge is 0.550 e. The molecule has 0 aliphatic rings. The Kier molecular flexibility index (Phi) is 5.38. The van der Waals surface area contributed by atoms with Crippen molar-refractivity contribution in [3.8, 4) is 11.5 Å². The van der Waals surface area contributed by atoms with Crippen molar-refractivity contribution >= 4 is 29.2 Å². The van der Waals surface area contributed by atoms with E-state index in [1.165, 1.54) is 0 Å². The van der Waals surface area contributed by atoms with Gasteiger partial charge >= 0.3 is 0 Å². The predicted molar refractivity (Wildman–Crippen MR) is 80.8 cm³/mol. The number of ether oxygens (including phenoxy) is 1. The van der Waals surface area contributed by atoms with Gasteiger partial charge in [0, 0.05) is 23.1 Å². The number of hydrogen-bond donors (Lipinski definition) is 1. The first-order valence-electron chi connectivity index (χ1n) is 6.56. The number of carboxylic acid groups (broad SMARTS) is 1. The van der Waals surface area contributed by atoms with Crippen molar-refractivity contribution in [2.24, 2.45) is 0 Å². The first-order chi connectivity index (χ1) is 10.5. The molecule has 0 saturated carbocycles. The Morgan fingerprint density at radius 3 is 2.05 bits per heavy atom. The van der Waals surface area contributed by atoms with Crippen LogP contribution in [0.25, 0.3) is 0 Å². The first kappa shape index (κ1) is 15.9. The number of amides is 1. The molecule has 0 aliphatic carbocycles. The third-order valence-electron chi connectivity index (χ3n) is 2.74. The van der Waals surface area contributed by atoms with Crippen LogP contribution in [0.4, 0.5) is 5.69 Å². The topological polar surface area (TPSA) is 78.5 Å². The Morgan fingerprint density at radius 1 is 0.955 bits per heavy atom. The molecule has 0 spiro atoms. The lowest BCUT2D eigenvalue weighted by molar-refractivity contribution is -0.305. The molecule has 0 atom stereocenters. The monoisotopic (exact) mass is 318 g/mol. The second kappa shape index (κ2) is 7.47. The molecule has 0 heterocycles. The Bertz CT molecular complexity index is 653. The number of halogens is 1. The fourth-order valence-electron chi connectivity index (χ4n) is 1.68. The third-order valence-corrected chi connectivity index (χ3v) is 3.00. The van der Waals surface area contributed by atoms with Crippen LogP contribution in [0.15, 0.2) is 48.5 Å². The molecule has 0 aliphatic heterocycles. The molecule has 2 rings (SSSR count). The van der Waals surface area contributed by atoms with Crippen LogP contribution in [0.5, 0.6) is 11.5 Å². The molecule has 5 nitrogen and oxygen atoms in total. The fraction of sp³-hybridized carbons (Fsp3) is 0.125. The van der Waals surface area contributed by atoms with E-state index < -0.39 is 5.97 Å². The van der Waals surface area contributed by atoms with Crippen LogP contribution in [-0.4, -0.2) is 11.9 Å². The van der Waals surface area contributed by atoms with E-state index in [0.717, 1.165) is 0 Å². The zero-order valence-electron chi connectivity index (χ0n) is 11.5. The van der Waals surface area contributed by atoms with Crippen molar-refractivity contribution in [2.75, 3.05) is 5.32 Å². The molecule has 0 unspecified atom stereocenters. The fourth-order valence-corrected chi connectivity index (χ4v) is 1.81. The van der Waals surface area contributed by atoms with E-state index in [2.05, 4.69) is 5.32 Å². The van der Waals surface area contributed by atoms with E-state index in [9.17, 15) is 14.7 Å². The van der Waals surface area contributed by atoms with Gasteiger partial charge in [0.15, 0.2) is 0 Å². The summed E-state index contributed by atoms with van der Waals surface area (Å²) >= 11 is 5.79. The molecule has 0 radical (unpaired) electrons. The summed E-state index contributed by atoms with van der Waals surface area (Å²) in [4.78, 5) is 21.8. The predicted octanol–water partition coefficient (Wildman–Crippen LogP) is 2.60. The van der Waals surface area contributed by atoms with Gasteiger partial charge in [-0.15, -0.1) is 0 Å². The van der Waals surface area contributed by atoms with Crippen LogP contribution in [0.2, 0.25) is 5.02 Å². The number of nitrogens with one attached hydrogen (secondary N) is 1. The molecule has 22 heavy (non-hydrogen) atoms. The minimum Gasteiger partial charge on any atom is -0.550 e. The first-order valence-corrected chi connectivity index (χ1v) is 6.94. The highest BCUT2D eigenvalue weighted by atomic mass is 35.5. The highest BCUT2D eigenvalue weighted by molar-refractivity contribution is 6.30. The summed E-state index contributed by atoms with van der Waals surface area (Å²) in [5.74, 6) is -0.373. The van der Waals surface area contributed by atoms with Crippen LogP contribution in [0, 0.1) is 0 Å². The molecule has 2 aromatic rings. The maximum Gasteiger partial charge on any atom is 0.224 e. The van der Waals surface area contributed by atoms with E-state index in [1.54, 1.807) is 48.5 Å². The van der Waals surface area contributed by atoms with Crippen LogP contribution in [-0.2, 0) is 9.59 Å². The smallest absolute Gasteiger partial charge is 0.224 e. The number of aliphatic carboxylic acids is 1. The van der Waals surface area contributed by atoms with Gasteiger partial charge in [0.1, 0.15) is 11.5 Å². The zero-order valence-corrected chi connectivity index (χ0v) is 12.3. The number of anilines is 1. The molecule has 0 saturated heterocycles. The van der Waals surface area contributed by atoms with Crippen molar-refractivity contribution < 1.29 is 19.4 Å². The Hall–Kier alpha value is -2.53. The Labute approximate surface area is 132 Å². The van der Waals surface area contributed by atoms with Crippen LogP contribution in [0.1, 0.15) is 12.8 Å². The summed E-state index contributed by atoms with van der Waals surface area (Å²) in [6, 6.07) is 13.7. The number of carboxylic acids is 1. The number of carbonyl (C=O) groups excluding carboxylic acids is 2. The van der Waals surface area contributed by atoms with Gasteiger partial charge in [0.2, 0.25) is 5.91 Å². The van der Waals surface area contributed by atoms with Crippen molar-refractivity contribution in [2.45, 2.75) is 12.8 Å². The van der Waals surface area contributed by atoms with Gasteiger partial charge in [-0.1, -0.05) is 11.6 Å². The van der Waals surface area contributed by atoms with E-state index in [1.807, 2.05) is 0 Å². The second-order valence-corrected chi connectivity index (χ2v) is 4.94. The van der Waals surface area contributed by atoms with E-state index in [-0.39, 0.29) is 18.7 Å². The summed E-state index contributed by atoms with van der Waals surface area (Å²) in [7, 11) is 0. The minimum absolute atomic E-state index is 0.120. The van der Waals surface area contributed by atoms with Gasteiger partial charge in [-0.25, -0.2) is 0 Å². The van der Waals surface area contributed by atoms with Gasteiger partial charge in [0.25, 0.3) is 0 Å². The van der Waals surface area contributed by atoms with Crippen LogP contribution in [0.3, 0.4) is 0 Å². The highest BCUT2D eigenvalue weighted by Crippen LogP contribution is 2.24. The number of rotatable bonds is 6. The number of hydrogen-bond acceptors (Lipinski definition) is 4. The number of carbonyl (C=O) groups is 2. The van der Waals surface area contributed by atoms with Crippen LogP contribution < -0.4 is 15.2 Å². The van der Waals surface area contributed by atoms with Crippen molar-refractivity contribution in [1.29, 1.82) is 0 Å². The number of benzene rings is 2. The third kappa shape index (κ3) is 5.10. The van der Waals surface area contributed by atoms with Crippen LogP contribution >= 0.6 is 11.6 Å². The Balaban J connectivity index is 1.91. The standard InChI is InChI=1S/C16H14ClNO4/c17-11-1-5-13(6-2-11)22-14-7-3-12(4-8-14)18-15(19)9-10-16(20)21/h1-8H,9-10H2,(H,18,19)(H,20,21)/p-1. The molecule has 1 amide bonds.